The van der Waals surface area contributed by atoms with Crippen LogP contribution in [-0.2, 0) is 4.79 Å². The van der Waals surface area contributed by atoms with Gasteiger partial charge in [-0.05, 0) is 40.0 Å². The van der Waals surface area contributed by atoms with Gasteiger partial charge >= 0.3 is 0 Å². The molecule has 0 spiro atoms. The molecule has 0 fully saturated rings. The highest BCUT2D eigenvalue weighted by atomic mass is 32.1. The predicted molar refractivity (Wildman–Crippen MR) is 102 cm³/mol. The number of aromatic nitrogens is 2. The number of nitrogens with zero attached hydrogens (tertiary/aromatic N) is 2. The van der Waals surface area contributed by atoms with Crippen molar-refractivity contribution in [2.45, 2.75) is 32.9 Å². The van der Waals surface area contributed by atoms with Gasteiger partial charge in [0.2, 0.25) is 5.91 Å². The minimum Gasteiger partial charge on any atom is -0.464 e. The Kier molecular flexibility index (Phi) is 5.24. The third-order valence-electron chi connectivity index (χ3n) is 4.15. The molecular formula is C18H22N4O3S. The van der Waals surface area contributed by atoms with Gasteiger partial charge in [0.1, 0.15) is 16.4 Å². The fourth-order valence-electron chi connectivity index (χ4n) is 2.72. The first-order valence-corrected chi connectivity index (χ1v) is 9.29. The first-order valence-electron chi connectivity index (χ1n) is 8.41. The van der Waals surface area contributed by atoms with Crippen LogP contribution in [0.1, 0.15) is 32.6 Å². The molecule has 2 N–H and O–H groups in total. The molecule has 0 aliphatic carbocycles. The molecule has 0 aliphatic heterocycles. The van der Waals surface area contributed by atoms with Gasteiger partial charge in [-0.15, -0.1) is 11.3 Å². The third-order valence-corrected chi connectivity index (χ3v) is 5.02. The Hall–Kier alpha value is -2.45. The lowest BCUT2D eigenvalue weighted by atomic mass is 10.2. The Morgan fingerprint density at radius 2 is 2.19 bits per heavy atom. The molecule has 26 heavy (non-hydrogen) atoms. The lowest BCUT2D eigenvalue weighted by Gasteiger charge is -2.23. The summed E-state index contributed by atoms with van der Waals surface area (Å²) in [6.45, 7) is 5.97. The fraction of sp³-hybridized carbons (Fsp3) is 0.389. The van der Waals surface area contributed by atoms with Crippen LogP contribution < -0.4 is 10.9 Å². The summed E-state index contributed by atoms with van der Waals surface area (Å²) in [5.41, 5.74) is 0.539. The molecule has 1 atom stereocenters. The number of likely N-dealkylation sites (N-methyl/N-ethyl adjacent to an activating group) is 1. The maximum atomic E-state index is 12.6. The molecule has 3 aromatic rings. The van der Waals surface area contributed by atoms with Crippen molar-refractivity contribution in [3.63, 3.8) is 0 Å². The molecule has 0 aromatic carbocycles. The molecular weight excluding hydrogens is 352 g/mol. The predicted octanol–water partition coefficient (Wildman–Crippen LogP) is 2.76. The number of aromatic amines is 1. The SMILES string of the molecule is CC(C)NC(=O)CN(C)[C@H](C)c1nc2scc(-c3ccco3)c2c(=O)[nH]1. The number of fused-ring (bicyclic) bond motifs is 1. The number of rotatable bonds is 6. The summed E-state index contributed by atoms with van der Waals surface area (Å²) in [4.78, 5) is 34.6. The van der Waals surface area contributed by atoms with Crippen LogP contribution >= 0.6 is 11.3 Å². The van der Waals surface area contributed by atoms with E-state index in [4.69, 9.17) is 4.42 Å². The van der Waals surface area contributed by atoms with Crippen molar-refractivity contribution < 1.29 is 9.21 Å². The van der Waals surface area contributed by atoms with E-state index in [9.17, 15) is 9.59 Å². The van der Waals surface area contributed by atoms with E-state index >= 15 is 0 Å². The molecule has 7 nitrogen and oxygen atoms in total. The summed E-state index contributed by atoms with van der Waals surface area (Å²) < 4.78 is 5.41. The molecule has 0 bridgehead atoms. The van der Waals surface area contributed by atoms with E-state index in [1.165, 1.54) is 11.3 Å². The van der Waals surface area contributed by atoms with Gasteiger partial charge < -0.3 is 14.7 Å². The number of carbonyl (C=O) groups is 1. The van der Waals surface area contributed by atoms with Crippen molar-refractivity contribution in [3.8, 4) is 11.3 Å². The Morgan fingerprint density at radius 1 is 1.42 bits per heavy atom. The van der Waals surface area contributed by atoms with Crippen molar-refractivity contribution in [1.29, 1.82) is 0 Å². The number of carbonyl (C=O) groups excluding carboxylic acids is 1. The number of thiophene rings is 1. The molecule has 0 saturated heterocycles. The van der Waals surface area contributed by atoms with Crippen molar-refractivity contribution in [2.24, 2.45) is 0 Å². The largest absolute Gasteiger partial charge is 0.464 e. The number of hydrogen-bond acceptors (Lipinski definition) is 6. The smallest absolute Gasteiger partial charge is 0.260 e. The van der Waals surface area contributed by atoms with E-state index in [1.807, 2.05) is 44.2 Å². The maximum absolute atomic E-state index is 12.6. The van der Waals surface area contributed by atoms with E-state index < -0.39 is 0 Å². The van der Waals surface area contributed by atoms with Crippen LogP contribution in [0.5, 0.6) is 0 Å². The Labute approximate surface area is 155 Å². The Morgan fingerprint density at radius 3 is 2.85 bits per heavy atom. The lowest BCUT2D eigenvalue weighted by molar-refractivity contribution is -0.122. The van der Waals surface area contributed by atoms with E-state index in [-0.39, 0.29) is 30.1 Å². The highest BCUT2D eigenvalue weighted by Crippen LogP contribution is 2.31. The van der Waals surface area contributed by atoms with Crippen molar-refractivity contribution in [1.82, 2.24) is 20.2 Å². The van der Waals surface area contributed by atoms with Crippen molar-refractivity contribution in [2.75, 3.05) is 13.6 Å². The van der Waals surface area contributed by atoms with Gasteiger partial charge in [-0.2, -0.15) is 0 Å². The van der Waals surface area contributed by atoms with Gasteiger partial charge in [0.25, 0.3) is 5.56 Å². The second-order valence-corrected chi connectivity index (χ2v) is 7.43. The first kappa shape index (κ1) is 18.3. The lowest BCUT2D eigenvalue weighted by Crippen LogP contribution is -2.39. The average Bonchev–Trinajstić information content (AvgIpc) is 3.21. The third kappa shape index (κ3) is 3.71. The Balaban J connectivity index is 1.87. The molecule has 8 heteroatoms. The van der Waals surface area contributed by atoms with Gasteiger partial charge in [-0.1, -0.05) is 0 Å². The standard InChI is InChI=1S/C18H22N4O3S/c1-10(2)19-14(23)8-22(4)11(3)16-20-17(24)15-12(9-26-18(15)21-16)13-6-5-7-25-13/h5-7,9-11H,8H2,1-4H3,(H,19,23)(H,20,21,24)/t11-/m1/s1. The van der Waals surface area contributed by atoms with Gasteiger partial charge in [-0.25, -0.2) is 4.98 Å². The minimum atomic E-state index is -0.209. The topological polar surface area (TPSA) is 91.2 Å². The minimum absolute atomic E-state index is 0.0611. The first-order chi connectivity index (χ1) is 12.4. The van der Waals surface area contributed by atoms with Crippen molar-refractivity contribution >= 4 is 27.5 Å². The summed E-state index contributed by atoms with van der Waals surface area (Å²) >= 11 is 1.40. The number of amides is 1. The summed E-state index contributed by atoms with van der Waals surface area (Å²) in [5, 5.41) is 5.26. The van der Waals surface area contributed by atoms with Crippen LogP contribution in [0.2, 0.25) is 0 Å². The number of H-pyrrole nitrogens is 1. The van der Waals surface area contributed by atoms with Crippen LogP contribution in [0.4, 0.5) is 0 Å². The Bertz CT molecular complexity index is 959. The quantitative estimate of drug-likeness (QED) is 0.692. The molecule has 3 aromatic heterocycles. The molecule has 3 heterocycles. The summed E-state index contributed by atoms with van der Waals surface area (Å²) in [5.74, 6) is 1.12. The van der Waals surface area contributed by atoms with Gasteiger partial charge in [0.15, 0.2) is 0 Å². The molecule has 0 unspecified atom stereocenters. The van der Waals surface area contributed by atoms with Crippen molar-refractivity contribution in [3.05, 3.63) is 40.0 Å². The highest BCUT2D eigenvalue weighted by Gasteiger charge is 2.20. The van der Waals surface area contributed by atoms with Crippen LogP contribution in [-0.4, -0.2) is 40.4 Å². The molecule has 0 radical (unpaired) electrons. The second kappa shape index (κ2) is 7.43. The molecule has 0 aliphatic rings. The van der Waals surface area contributed by atoms with E-state index in [0.29, 0.717) is 21.8 Å². The van der Waals surface area contributed by atoms with E-state index in [1.54, 1.807) is 12.3 Å². The molecule has 3 rings (SSSR count). The number of hydrogen-bond donors (Lipinski definition) is 2. The molecule has 0 saturated carbocycles. The van der Waals surface area contributed by atoms with Gasteiger partial charge in [0.05, 0.1) is 24.2 Å². The zero-order valence-corrected chi connectivity index (χ0v) is 16.0. The van der Waals surface area contributed by atoms with E-state index in [2.05, 4.69) is 15.3 Å². The maximum Gasteiger partial charge on any atom is 0.260 e. The number of nitrogens with one attached hydrogen (secondary N) is 2. The summed E-state index contributed by atoms with van der Waals surface area (Å²) in [6, 6.07) is 3.48. The molecule has 1 amide bonds. The van der Waals surface area contributed by atoms with Crippen LogP contribution in [0, 0.1) is 0 Å². The zero-order valence-electron chi connectivity index (χ0n) is 15.2. The van der Waals surface area contributed by atoms with Gasteiger partial charge in [-0.3, -0.25) is 14.5 Å². The summed E-state index contributed by atoms with van der Waals surface area (Å²) in [6.07, 6.45) is 1.58. The summed E-state index contributed by atoms with van der Waals surface area (Å²) in [7, 11) is 1.83. The van der Waals surface area contributed by atoms with Crippen LogP contribution in [0.15, 0.2) is 33.0 Å². The normalized spacial score (nSPS) is 12.8. The second-order valence-electron chi connectivity index (χ2n) is 6.57. The molecule has 138 valence electrons. The monoisotopic (exact) mass is 374 g/mol. The van der Waals surface area contributed by atoms with Crippen LogP contribution in [0.25, 0.3) is 21.5 Å². The fourth-order valence-corrected chi connectivity index (χ4v) is 3.65. The highest BCUT2D eigenvalue weighted by molar-refractivity contribution is 7.17. The average molecular weight is 374 g/mol. The van der Waals surface area contributed by atoms with Crippen LogP contribution in [0.3, 0.4) is 0 Å². The zero-order chi connectivity index (χ0) is 18.8. The van der Waals surface area contributed by atoms with E-state index in [0.717, 1.165) is 5.56 Å². The number of furan rings is 1. The van der Waals surface area contributed by atoms with Gasteiger partial charge in [0, 0.05) is 17.0 Å².